The number of hydrogen-bond donors (Lipinski definition) is 1. The minimum Gasteiger partial charge on any atom is -0.491 e. The van der Waals surface area contributed by atoms with E-state index in [2.05, 4.69) is 5.32 Å². The molecule has 3 aromatic carbocycles. The molecule has 0 spiro atoms. The molecule has 1 aliphatic rings. The SMILES string of the molecule is Cc1ccccc1OCCN1C(=O)N[C@@](Cc2ccccc2)(c2ccccc2)C1=O. The Labute approximate surface area is 176 Å². The van der Waals surface area contributed by atoms with Crippen LogP contribution in [0.25, 0.3) is 0 Å². The van der Waals surface area contributed by atoms with Crippen molar-refractivity contribution < 1.29 is 14.3 Å². The molecule has 0 aromatic heterocycles. The van der Waals surface area contributed by atoms with E-state index in [4.69, 9.17) is 4.74 Å². The van der Waals surface area contributed by atoms with Gasteiger partial charge in [-0.25, -0.2) is 4.79 Å². The van der Waals surface area contributed by atoms with Crippen LogP contribution in [0.15, 0.2) is 84.9 Å². The van der Waals surface area contributed by atoms with Gasteiger partial charge in [-0.1, -0.05) is 78.9 Å². The number of aryl methyl sites for hydroxylation is 1. The fourth-order valence-electron chi connectivity index (χ4n) is 3.84. The molecule has 0 unspecified atom stereocenters. The Bertz CT molecular complexity index is 1040. The average Bonchev–Trinajstić information content (AvgIpc) is 3.01. The van der Waals surface area contributed by atoms with E-state index < -0.39 is 11.6 Å². The molecule has 0 aliphatic carbocycles. The summed E-state index contributed by atoms with van der Waals surface area (Å²) in [6.45, 7) is 2.38. The molecule has 5 heteroatoms. The fraction of sp³-hybridized carbons (Fsp3) is 0.200. The molecule has 30 heavy (non-hydrogen) atoms. The molecule has 1 atom stereocenters. The average molecular weight is 400 g/mol. The van der Waals surface area contributed by atoms with Crippen LogP contribution in [0, 0.1) is 6.92 Å². The van der Waals surface area contributed by atoms with E-state index in [0.29, 0.717) is 6.42 Å². The third-order valence-corrected chi connectivity index (χ3v) is 5.42. The summed E-state index contributed by atoms with van der Waals surface area (Å²) in [7, 11) is 0. The summed E-state index contributed by atoms with van der Waals surface area (Å²) in [6.07, 6.45) is 0.386. The quantitative estimate of drug-likeness (QED) is 0.609. The van der Waals surface area contributed by atoms with Crippen LogP contribution in [0.4, 0.5) is 4.79 Å². The first-order valence-electron chi connectivity index (χ1n) is 10.0. The van der Waals surface area contributed by atoms with E-state index in [1.54, 1.807) is 0 Å². The van der Waals surface area contributed by atoms with E-state index >= 15 is 0 Å². The minimum atomic E-state index is -1.12. The van der Waals surface area contributed by atoms with E-state index in [0.717, 1.165) is 22.4 Å². The smallest absolute Gasteiger partial charge is 0.325 e. The number of nitrogens with one attached hydrogen (secondary N) is 1. The largest absolute Gasteiger partial charge is 0.491 e. The van der Waals surface area contributed by atoms with Gasteiger partial charge in [0.05, 0.1) is 6.54 Å². The second-order valence-corrected chi connectivity index (χ2v) is 7.43. The molecule has 1 saturated heterocycles. The maximum Gasteiger partial charge on any atom is 0.325 e. The zero-order valence-corrected chi connectivity index (χ0v) is 16.9. The highest BCUT2D eigenvalue weighted by Crippen LogP contribution is 2.33. The molecule has 0 saturated carbocycles. The topological polar surface area (TPSA) is 58.6 Å². The Morgan fingerprint density at radius 3 is 2.20 bits per heavy atom. The molecular formula is C25H24N2O3. The molecule has 1 aliphatic heterocycles. The summed E-state index contributed by atoms with van der Waals surface area (Å²) in [5, 5.41) is 2.97. The van der Waals surface area contributed by atoms with Crippen LogP contribution in [0.2, 0.25) is 0 Å². The number of nitrogens with zero attached hydrogens (tertiary/aromatic N) is 1. The number of rotatable bonds is 7. The monoisotopic (exact) mass is 400 g/mol. The third kappa shape index (κ3) is 3.79. The van der Waals surface area contributed by atoms with Crippen LogP contribution in [-0.4, -0.2) is 30.0 Å². The van der Waals surface area contributed by atoms with Crippen LogP contribution >= 0.6 is 0 Å². The van der Waals surface area contributed by atoms with E-state index in [9.17, 15) is 9.59 Å². The van der Waals surface area contributed by atoms with Crippen molar-refractivity contribution in [1.29, 1.82) is 0 Å². The molecule has 3 amide bonds. The van der Waals surface area contributed by atoms with E-state index in [1.807, 2.05) is 91.9 Å². The second kappa shape index (κ2) is 8.41. The van der Waals surface area contributed by atoms with Gasteiger partial charge in [-0.3, -0.25) is 9.69 Å². The first kappa shape index (κ1) is 19.7. The van der Waals surface area contributed by atoms with Gasteiger partial charge in [0, 0.05) is 6.42 Å². The highest BCUT2D eigenvalue weighted by molar-refractivity contribution is 6.07. The summed E-state index contributed by atoms with van der Waals surface area (Å²) in [6, 6.07) is 26.4. The number of ether oxygens (including phenoxy) is 1. The number of urea groups is 1. The van der Waals surface area contributed by atoms with E-state index in [1.165, 1.54) is 4.90 Å². The van der Waals surface area contributed by atoms with Crippen LogP contribution in [0.3, 0.4) is 0 Å². The van der Waals surface area contributed by atoms with Crippen molar-refractivity contribution in [3.63, 3.8) is 0 Å². The van der Waals surface area contributed by atoms with Crippen LogP contribution in [0.5, 0.6) is 5.75 Å². The van der Waals surface area contributed by atoms with Crippen molar-refractivity contribution in [2.24, 2.45) is 0 Å². The number of benzene rings is 3. The molecule has 4 rings (SSSR count). The van der Waals surface area contributed by atoms with Gasteiger partial charge >= 0.3 is 6.03 Å². The fourth-order valence-corrected chi connectivity index (χ4v) is 3.84. The van der Waals surface area contributed by atoms with Gasteiger partial charge in [0.1, 0.15) is 12.4 Å². The number of hydrogen-bond acceptors (Lipinski definition) is 3. The number of carbonyl (C=O) groups excluding carboxylic acids is 2. The van der Waals surface area contributed by atoms with Gasteiger partial charge in [0.25, 0.3) is 5.91 Å². The Morgan fingerprint density at radius 1 is 0.867 bits per heavy atom. The zero-order chi connectivity index (χ0) is 21.0. The molecule has 0 radical (unpaired) electrons. The zero-order valence-electron chi connectivity index (χ0n) is 16.9. The molecular weight excluding hydrogens is 376 g/mol. The lowest BCUT2D eigenvalue weighted by atomic mass is 9.83. The standard InChI is InChI=1S/C25H24N2O3/c1-19-10-8-9-15-22(19)30-17-16-27-23(28)25(26-24(27)29,21-13-6-3-7-14-21)18-20-11-4-2-5-12-20/h2-15H,16-18H2,1H3,(H,26,29)/t25-/m0/s1. The van der Waals surface area contributed by atoms with E-state index in [-0.39, 0.29) is 19.1 Å². The Hall–Kier alpha value is -3.60. The van der Waals surface area contributed by atoms with Gasteiger partial charge < -0.3 is 10.1 Å². The number of carbonyl (C=O) groups is 2. The molecule has 0 bridgehead atoms. The number of imide groups is 1. The lowest BCUT2D eigenvalue weighted by molar-refractivity contribution is -0.131. The number of para-hydroxylation sites is 1. The molecule has 152 valence electrons. The predicted octanol–water partition coefficient (Wildman–Crippen LogP) is 4.06. The summed E-state index contributed by atoms with van der Waals surface area (Å²) in [5.41, 5.74) is 1.64. The van der Waals surface area contributed by atoms with Crippen molar-refractivity contribution in [3.05, 3.63) is 102 Å². The van der Waals surface area contributed by atoms with Crippen molar-refractivity contribution in [1.82, 2.24) is 10.2 Å². The Balaban J connectivity index is 1.57. The molecule has 5 nitrogen and oxygen atoms in total. The van der Waals surface area contributed by atoms with Gasteiger partial charge in [0.15, 0.2) is 5.54 Å². The first-order valence-corrected chi connectivity index (χ1v) is 10.0. The summed E-state index contributed by atoms with van der Waals surface area (Å²) < 4.78 is 5.81. The highest BCUT2D eigenvalue weighted by atomic mass is 16.5. The molecule has 1 fully saturated rings. The Kier molecular flexibility index (Phi) is 5.53. The van der Waals surface area contributed by atoms with Gasteiger partial charge in [-0.05, 0) is 29.7 Å². The van der Waals surface area contributed by atoms with Crippen molar-refractivity contribution in [3.8, 4) is 5.75 Å². The molecule has 1 N–H and O–H groups in total. The van der Waals surface area contributed by atoms with Crippen molar-refractivity contribution in [2.45, 2.75) is 18.9 Å². The third-order valence-electron chi connectivity index (χ3n) is 5.42. The molecule has 1 heterocycles. The lowest BCUT2D eigenvalue weighted by Crippen LogP contribution is -2.46. The van der Waals surface area contributed by atoms with Crippen LogP contribution in [-0.2, 0) is 16.8 Å². The summed E-state index contributed by atoms with van der Waals surface area (Å²) in [4.78, 5) is 27.6. The normalized spacial score (nSPS) is 18.4. The van der Waals surface area contributed by atoms with Gasteiger partial charge in [0.2, 0.25) is 0 Å². The second-order valence-electron chi connectivity index (χ2n) is 7.43. The number of amides is 3. The maximum atomic E-state index is 13.5. The lowest BCUT2D eigenvalue weighted by Gasteiger charge is -2.27. The van der Waals surface area contributed by atoms with Gasteiger partial charge in [-0.2, -0.15) is 0 Å². The predicted molar refractivity (Wildman–Crippen MR) is 115 cm³/mol. The first-order chi connectivity index (χ1) is 14.6. The maximum absolute atomic E-state index is 13.5. The van der Waals surface area contributed by atoms with Crippen molar-refractivity contribution in [2.75, 3.05) is 13.2 Å². The van der Waals surface area contributed by atoms with Crippen LogP contribution < -0.4 is 10.1 Å². The summed E-state index contributed by atoms with van der Waals surface area (Å²) >= 11 is 0. The Morgan fingerprint density at radius 2 is 1.50 bits per heavy atom. The van der Waals surface area contributed by atoms with Crippen molar-refractivity contribution >= 4 is 11.9 Å². The van der Waals surface area contributed by atoms with Crippen LogP contribution in [0.1, 0.15) is 16.7 Å². The molecule has 3 aromatic rings. The summed E-state index contributed by atoms with van der Waals surface area (Å²) in [5.74, 6) is 0.499. The van der Waals surface area contributed by atoms with Gasteiger partial charge in [-0.15, -0.1) is 0 Å². The minimum absolute atomic E-state index is 0.183. The highest BCUT2D eigenvalue weighted by Gasteiger charge is 2.52.